The van der Waals surface area contributed by atoms with E-state index in [1.807, 2.05) is 0 Å². The SMILES string of the molecule is C[C@H]1[C@H](Br)[C@@H](Br)C[C@H](C(=O)O)[C@@H]1C(=O)O. The molecule has 2 N–H and O–H groups in total. The van der Waals surface area contributed by atoms with Crippen LogP contribution in [0.15, 0.2) is 0 Å². The lowest BCUT2D eigenvalue weighted by Crippen LogP contribution is -2.46. The summed E-state index contributed by atoms with van der Waals surface area (Å²) in [4.78, 5) is 22.0. The highest BCUT2D eigenvalue weighted by Crippen LogP contribution is 2.42. The van der Waals surface area contributed by atoms with E-state index in [0.29, 0.717) is 6.42 Å². The second kappa shape index (κ2) is 4.82. The van der Waals surface area contributed by atoms with Crippen molar-refractivity contribution in [3.05, 3.63) is 0 Å². The fraction of sp³-hybridized carbons (Fsp3) is 0.778. The molecule has 4 nitrogen and oxygen atoms in total. The maximum absolute atomic E-state index is 11.0. The number of hydrogen-bond donors (Lipinski definition) is 2. The molecule has 0 aromatic heterocycles. The van der Waals surface area contributed by atoms with Crippen molar-refractivity contribution in [1.29, 1.82) is 0 Å². The van der Waals surface area contributed by atoms with Gasteiger partial charge in [0, 0.05) is 9.65 Å². The zero-order chi connectivity index (χ0) is 11.7. The molecule has 1 fully saturated rings. The minimum Gasteiger partial charge on any atom is -0.481 e. The van der Waals surface area contributed by atoms with E-state index in [1.54, 1.807) is 6.92 Å². The lowest BCUT2D eigenvalue weighted by atomic mass is 9.72. The highest BCUT2D eigenvalue weighted by molar-refractivity contribution is 9.12. The summed E-state index contributed by atoms with van der Waals surface area (Å²) in [5.41, 5.74) is 0. The Morgan fingerprint density at radius 1 is 1.20 bits per heavy atom. The highest BCUT2D eigenvalue weighted by atomic mass is 79.9. The Morgan fingerprint density at radius 3 is 2.13 bits per heavy atom. The van der Waals surface area contributed by atoms with Gasteiger partial charge in [-0.15, -0.1) is 0 Å². The van der Waals surface area contributed by atoms with Crippen LogP contribution in [0, 0.1) is 17.8 Å². The first-order valence-electron chi connectivity index (χ1n) is 4.60. The first-order valence-corrected chi connectivity index (χ1v) is 6.43. The van der Waals surface area contributed by atoms with Crippen molar-refractivity contribution in [1.82, 2.24) is 0 Å². The summed E-state index contributed by atoms with van der Waals surface area (Å²) >= 11 is 6.78. The van der Waals surface area contributed by atoms with Crippen LogP contribution in [0.1, 0.15) is 13.3 Å². The molecule has 0 aromatic carbocycles. The smallest absolute Gasteiger partial charge is 0.307 e. The third-order valence-electron chi connectivity index (χ3n) is 2.93. The van der Waals surface area contributed by atoms with Gasteiger partial charge in [0.1, 0.15) is 0 Å². The third-order valence-corrected chi connectivity index (χ3v) is 6.05. The molecule has 6 heteroatoms. The summed E-state index contributed by atoms with van der Waals surface area (Å²) in [6, 6.07) is 0. The van der Waals surface area contributed by atoms with E-state index in [0.717, 1.165) is 0 Å². The Morgan fingerprint density at radius 2 is 1.73 bits per heavy atom. The third kappa shape index (κ3) is 2.53. The summed E-state index contributed by atoms with van der Waals surface area (Å²) in [6.07, 6.45) is 0.340. The Hall–Kier alpha value is -0.100. The van der Waals surface area contributed by atoms with E-state index < -0.39 is 23.8 Å². The van der Waals surface area contributed by atoms with Gasteiger partial charge in [0.2, 0.25) is 0 Å². The molecule has 1 aliphatic rings. The van der Waals surface area contributed by atoms with Crippen molar-refractivity contribution in [2.24, 2.45) is 17.8 Å². The maximum Gasteiger partial charge on any atom is 0.307 e. The lowest BCUT2D eigenvalue weighted by molar-refractivity contribution is -0.157. The van der Waals surface area contributed by atoms with Crippen molar-refractivity contribution in [2.75, 3.05) is 0 Å². The molecule has 0 saturated heterocycles. The molecular weight excluding hydrogens is 332 g/mol. The minimum absolute atomic E-state index is 0.00389. The predicted molar refractivity (Wildman–Crippen MR) is 61.5 cm³/mol. The summed E-state index contributed by atoms with van der Waals surface area (Å²) < 4.78 is 0. The van der Waals surface area contributed by atoms with Crippen molar-refractivity contribution in [3.8, 4) is 0 Å². The number of carboxylic acid groups (broad SMARTS) is 2. The van der Waals surface area contributed by atoms with Gasteiger partial charge in [-0.3, -0.25) is 9.59 Å². The molecule has 5 atom stereocenters. The zero-order valence-electron chi connectivity index (χ0n) is 8.06. The molecule has 0 heterocycles. The van der Waals surface area contributed by atoms with E-state index in [2.05, 4.69) is 31.9 Å². The van der Waals surface area contributed by atoms with Crippen LogP contribution in [0.5, 0.6) is 0 Å². The van der Waals surface area contributed by atoms with Crippen molar-refractivity contribution in [3.63, 3.8) is 0 Å². The maximum atomic E-state index is 11.0. The summed E-state index contributed by atoms with van der Waals surface area (Å²) in [5.74, 6) is -3.89. The van der Waals surface area contributed by atoms with E-state index in [1.165, 1.54) is 0 Å². The van der Waals surface area contributed by atoms with Gasteiger partial charge in [-0.25, -0.2) is 0 Å². The van der Waals surface area contributed by atoms with Crippen LogP contribution in [-0.2, 0) is 9.59 Å². The monoisotopic (exact) mass is 342 g/mol. The lowest BCUT2D eigenvalue weighted by Gasteiger charge is -2.38. The van der Waals surface area contributed by atoms with Gasteiger partial charge in [-0.2, -0.15) is 0 Å². The van der Waals surface area contributed by atoms with Crippen LogP contribution in [-0.4, -0.2) is 31.8 Å². The Kier molecular flexibility index (Phi) is 4.17. The van der Waals surface area contributed by atoms with E-state index >= 15 is 0 Å². The minimum atomic E-state index is -1.03. The Balaban J connectivity index is 2.96. The number of hydrogen-bond acceptors (Lipinski definition) is 2. The predicted octanol–water partition coefficient (Wildman–Crippen LogP) is 1.95. The number of carbonyl (C=O) groups is 2. The average Bonchev–Trinajstić information content (AvgIpc) is 2.12. The van der Waals surface area contributed by atoms with Crippen LogP contribution < -0.4 is 0 Å². The van der Waals surface area contributed by atoms with E-state index in [4.69, 9.17) is 10.2 Å². The second-order valence-electron chi connectivity index (χ2n) is 3.86. The highest BCUT2D eigenvalue weighted by Gasteiger charge is 2.47. The van der Waals surface area contributed by atoms with E-state index in [-0.39, 0.29) is 15.6 Å². The number of aliphatic carboxylic acids is 2. The quantitative estimate of drug-likeness (QED) is 0.751. The largest absolute Gasteiger partial charge is 0.481 e. The molecule has 1 saturated carbocycles. The summed E-state index contributed by atoms with van der Waals surface area (Å²) in [7, 11) is 0. The molecule has 86 valence electrons. The van der Waals surface area contributed by atoms with Crippen molar-refractivity contribution < 1.29 is 19.8 Å². The van der Waals surface area contributed by atoms with Crippen molar-refractivity contribution in [2.45, 2.75) is 23.0 Å². The van der Waals surface area contributed by atoms with Gasteiger partial charge in [0.05, 0.1) is 11.8 Å². The number of alkyl halides is 2. The van der Waals surface area contributed by atoms with Gasteiger partial charge in [-0.1, -0.05) is 38.8 Å². The van der Waals surface area contributed by atoms with Crippen LogP contribution >= 0.6 is 31.9 Å². The Bertz CT molecular complexity index is 281. The van der Waals surface area contributed by atoms with Gasteiger partial charge in [0.15, 0.2) is 0 Å². The molecule has 1 aliphatic carbocycles. The van der Waals surface area contributed by atoms with Gasteiger partial charge >= 0.3 is 11.9 Å². The molecule has 0 amide bonds. The first-order chi connectivity index (χ1) is 6.86. The van der Waals surface area contributed by atoms with Crippen LogP contribution in [0.4, 0.5) is 0 Å². The zero-order valence-corrected chi connectivity index (χ0v) is 11.2. The molecule has 0 aliphatic heterocycles. The molecule has 0 bridgehead atoms. The molecule has 0 unspecified atom stereocenters. The summed E-state index contributed by atoms with van der Waals surface area (Å²) in [5, 5.41) is 18.0. The molecule has 0 aromatic rings. The number of rotatable bonds is 2. The second-order valence-corrected chi connectivity index (χ2v) is 6.10. The molecule has 15 heavy (non-hydrogen) atoms. The molecular formula is C9H12Br2O4. The average molecular weight is 344 g/mol. The summed E-state index contributed by atoms with van der Waals surface area (Å²) in [6.45, 7) is 1.77. The first kappa shape index (κ1) is 13.0. The fourth-order valence-electron chi connectivity index (χ4n) is 2.06. The fourth-order valence-corrected chi connectivity index (χ4v) is 3.49. The number of carboxylic acids is 2. The molecule has 0 radical (unpaired) electrons. The van der Waals surface area contributed by atoms with Crippen LogP contribution in [0.25, 0.3) is 0 Å². The van der Waals surface area contributed by atoms with Gasteiger partial charge < -0.3 is 10.2 Å². The van der Waals surface area contributed by atoms with Crippen LogP contribution in [0.3, 0.4) is 0 Å². The van der Waals surface area contributed by atoms with Crippen LogP contribution in [0.2, 0.25) is 0 Å². The topological polar surface area (TPSA) is 74.6 Å². The van der Waals surface area contributed by atoms with Gasteiger partial charge in [0.25, 0.3) is 0 Å². The van der Waals surface area contributed by atoms with Crippen molar-refractivity contribution >= 4 is 43.8 Å². The standard InChI is InChI=1S/C9H12Br2O4/c1-3-6(9(14)15)4(8(12)13)2-5(10)7(3)11/h3-7H,2H2,1H3,(H,12,13)(H,14,15)/t3-,4+,5+,6-,7+/m1/s1. The van der Waals surface area contributed by atoms with Gasteiger partial charge in [-0.05, 0) is 12.3 Å². The molecule has 0 spiro atoms. The number of halogens is 2. The molecule has 1 rings (SSSR count). The van der Waals surface area contributed by atoms with E-state index in [9.17, 15) is 9.59 Å². The normalized spacial score (nSPS) is 41.1. The Labute approximate surface area is 104 Å².